The Morgan fingerprint density at radius 2 is 1.75 bits per heavy atom. The Bertz CT molecular complexity index is 1480. The molecule has 0 aliphatic heterocycles. The van der Waals surface area contributed by atoms with Crippen LogP contribution < -0.4 is 10.0 Å². The molecule has 0 spiro atoms. The smallest absolute Gasteiger partial charge is 0.269 e. The van der Waals surface area contributed by atoms with Crippen molar-refractivity contribution >= 4 is 26.5 Å². The Morgan fingerprint density at radius 3 is 2.50 bits per heavy atom. The number of non-ortho nitro benzene ring substituents is 1. The lowest BCUT2D eigenvalue weighted by molar-refractivity contribution is -0.384. The molecule has 0 amide bonds. The summed E-state index contributed by atoms with van der Waals surface area (Å²) in [4.78, 5) is 14.5. The number of nitro benzene ring substituents is 1. The van der Waals surface area contributed by atoms with Gasteiger partial charge in [0.2, 0.25) is 10.0 Å². The summed E-state index contributed by atoms with van der Waals surface area (Å²) in [6.07, 6.45) is 4.68. The van der Waals surface area contributed by atoms with Gasteiger partial charge in [0.05, 0.1) is 9.82 Å². The second-order valence-electron chi connectivity index (χ2n) is 8.26. The highest BCUT2D eigenvalue weighted by molar-refractivity contribution is 7.89. The number of halogens is 1. The van der Waals surface area contributed by atoms with Crippen LogP contribution in [0.2, 0.25) is 0 Å². The molecule has 10 heteroatoms. The third kappa shape index (κ3) is 6.28. The van der Waals surface area contributed by atoms with Gasteiger partial charge in [-0.05, 0) is 66.4 Å². The number of fused-ring (bicyclic) bond motifs is 1. The Labute approximate surface area is 208 Å². The number of nitrogens with one attached hydrogen (secondary N) is 2. The summed E-state index contributed by atoms with van der Waals surface area (Å²) in [6, 6.07) is 17.5. The SMILES string of the molecule is O=[N+]([O-])c1ccc(CCCNCCNS(=O)(=O)c2cc(-c3cccc(F)c3)cc3cnccc23)cc1. The van der Waals surface area contributed by atoms with Crippen molar-refractivity contribution < 1.29 is 17.7 Å². The number of benzene rings is 3. The van der Waals surface area contributed by atoms with Gasteiger partial charge in [0.25, 0.3) is 5.69 Å². The molecule has 186 valence electrons. The number of hydrogen-bond donors (Lipinski definition) is 2. The maximum atomic E-state index is 13.8. The van der Waals surface area contributed by atoms with E-state index in [9.17, 15) is 22.9 Å². The number of pyridine rings is 1. The third-order valence-corrected chi connectivity index (χ3v) is 7.22. The molecule has 4 rings (SSSR count). The highest BCUT2D eigenvalue weighted by Crippen LogP contribution is 2.30. The first kappa shape index (κ1) is 25.4. The largest absolute Gasteiger partial charge is 0.315 e. The van der Waals surface area contributed by atoms with E-state index in [0.29, 0.717) is 35.0 Å². The van der Waals surface area contributed by atoms with Gasteiger partial charge in [0.15, 0.2) is 0 Å². The molecule has 0 radical (unpaired) electrons. The quantitative estimate of drug-likeness (QED) is 0.176. The van der Waals surface area contributed by atoms with Crippen LogP contribution in [0.3, 0.4) is 0 Å². The first-order valence-corrected chi connectivity index (χ1v) is 12.9. The molecular weight excluding hydrogens is 483 g/mol. The predicted molar refractivity (Wildman–Crippen MR) is 137 cm³/mol. The average Bonchev–Trinajstić information content (AvgIpc) is 2.87. The highest BCUT2D eigenvalue weighted by atomic mass is 32.2. The minimum absolute atomic E-state index is 0.0645. The van der Waals surface area contributed by atoms with Crippen molar-refractivity contribution in [2.45, 2.75) is 17.7 Å². The Hall–Kier alpha value is -3.73. The predicted octanol–water partition coefficient (Wildman–Crippen LogP) is 4.45. The summed E-state index contributed by atoms with van der Waals surface area (Å²) < 4.78 is 42.7. The second-order valence-corrected chi connectivity index (χ2v) is 9.99. The van der Waals surface area contributed by atoms with Gasteiger partial charge in [-0.3, -0.25) is 15.1 Å². The topological polar surface area (TPSA) is 114 Å². The summed E-state index contributed by atoms with van der Waals surface area (Å²) in [5, 5.41) is 15.1. The minimum atomic E-state index is -3.84. The van der Waals surface area contributed by atoms with Crippen LogP contribution in [0.1, 0.15) is 12.0 Å². The fourth-order valence-corrected chi connectivity index (χ4v) is 5.19. The van der Waals surface area contributed by atoms with Crippen molar-refractivity contribution in [2.75, 3.05) is 19.6 Å². The maximum absolute atomic E-state index is 13.8. The van der Waals surface area contributed by atoms with Crippen molar-refractivity contribution in [3.63, 3.8) is 0 Å². The molecule has 0 aliphatic rings. The van der Waals surface area contributed by atoms with Gasteiger partial charge >= 0.3 is 0 Å². The van der Waals surface area contributed by atoms with Crippen molar-refractivity contribution in [1.82, 2.24) is 15.0 Å². The minimum Gasteiger partial charge on any atom is -0.315 e. The molecule has 0 aliphatic carbocycles. The zero-order chi connectivity index (χ0) is 25.5. The summed E-state index contributed by atoms with van der Waals surface area (Å²) >= 11 is 0. The molecule has 0 unspecified atom stereocenters. The fraction of sp³-hybridized carbons (Fsp3) is 0.192. The van der Waals surface area contributed by atoms with Crippen LogP contribution in [-0.4, -0.2) is 38.0 Å². The molecule has 2 N–H and O–H groups in total. The van der Waals surface area contributed by atoms with E-state index in [2.05, 4.69) is 15.0 Å². The van der Waals surface area contributed by atoms with Gasteiger partial charge in [0, 0.05) is 48.4 Å². The standard InChI is InChI=1S/C26H25FN4O4S/c27-23-5-1-4-20(16-23)21-15-22-18-29-12-10-25(22)26(17-21)36(34,35)30-14-13-28-11-2-3-19-6-8-24(9-7-19)31(32)33/h1,4-10,12,15-18,28,30H,2-3,11,13-14H2. The molecule has 3 aromatic carbocycles. The molecule has 0 bridgehead atoms. The Balaban J connectivity index is 1.35. The van der Waals surface area contributed by atoms with Gasteiger partial charge in [-0.1, -0.05) is 24.3 Å². The van der Waals surface area contributed by atoms with E-state index in [-0.39, 0.29) is 17.1 Å². The van der Waals surface area contributed by atoms with E-state index in [0.717, 1.165) is 18.4 Å². The summed E-state index contributed by atoms with van der Waals surface area (Å²) in [5.74, 6) is -0.402. The van der Waals surface area contributed by atoms with Gasteiger partial charge in [0.1, 0.15) is 5.82 Å². The number of hydrogen-bond acceptors (Lipinski definition) is 6. The van der Waals surface area contributed by atoms with Gasteiger partial charge < -0.3 is 5.32 Å². The van der Waals surface area contributed by atoms with Crippen molar-refractivity contribution in [2.24, 2.45) is 0 Å². The van der Waals surface area contributed by atoms with Crippen LogP contribution in [0.4, 0.5) is 10.1 Å². The lowest BCUT2D eigenvalue weighted by Gasteiger charge is -2.13. The molecular formula is C26H25FN4O4S. The zero-order valence-corrected chi connectivity index (χ0v) is 20.2. The second kappa shape index (κ2) is 11.3. The normalized spacial score (nSPS) is 11.6. The summed E-state index contributed by atoms with van der Waals surface area (Å²) in [5.41, 5.74) is 2.23. The fourth-order valence-electron chi connectivity index (χ4n) is 3.91. The molecule has 0 atom stereocenters. The molecule has 36 heavy (non-hydrogen) atoms. The number of nitro groups is 1. The average molecular weight is 509 g/mol. The van der Waals surface area contributed by atoms with E-state index in [1.807, 2.05) is 0 Å². The molecule has 1 heterocycles. The van der Waals surface area contributed by atoms with Crippen molar-refractivity contribution in [1.29, 1.82) is 0 Å². The van der Waals surface area contributed by atoms with Crippen LogP contribution >= 0.6 is 0 Å². The molecule has 1 aromatic heterocycles. The Morgan fingerprint density at radius 1 is 0.944 bits per heavy atom. The Kier molecular flexibility index (Phi) is 7.99. The van der Waals surface area contributed by atoms with E-state index >= 15 is 0 Å². The number of aromatic nitrogens is 1. The van der Waals surface area contributed by atoms with Gasteiger partial charge in [-0.2, -0.15) is 0 Å². The molecule has 0 fully saturated rings. The summed E-state index contributed by atoms with van der Waals surface area (Å²) in [6.45, 7) is 1.29. The third-order valence-electron chi connectivity index (χ3n) is 5.72. The van der Waals surface area contributed by atoms with E-state index in [1.165, 1.54) is 30.5 Å². The molecule has 0 saturated heterocycles. The van der Waals surface area contributed by atoms with Gasteiger partial charge in [-0.25, -0.2) is 17.5 Å². The van der Waals surface area contributed by atoms with Crippen LogP contribution in [0.5, 0.6) is 0 Å². The maximum Gasteiger partial charge on any atom is 0.269 e. The van der Waals surface area contributed by atoms with E-state index in [1.54, 1.807) is 48.7 Å². The summed E-state index contributed by atoms with van der Waals surface area (Å²) in [7, 11) is -3.84. The molecule has 4 aromatic rings. The number of aryl methyl sites for hydroxylation is 1. The lowest BCUT2D eigenvalue weighted by Crippen LogP contribution is -2.32. The van der Waals surface area contributed by atoms with Crippen molar-refractivity contribution in [3.05, 3.63) is 101 Å². The van der Waals surface area contributed by atoms with Crippen LogP contribution in [0.25, 0.3) is 21.9 Å². The first-order chi connectivity index (χ1) is 17.3. The van der Waals surface area contributed by atoms with Crippen molar-refractivity contribution in [3.8, 4) is 11.1 Å². The van der Waals surface area contributed by atoms with Crippen LogP contribution in [0.15, 0.2) is 84.0 Å². The highest BCUT2D eigenvalue weighted by Gasteiger charge is 2.19. The van der Waals surface area contributed by atoms with Crippen LogP contribution in [-0.2, 0) is 16.4 Å². The first-order valence-electron chi connectivity index (χ1n) is 11.4. The van der Waals surface area contributed by atoms with E-state index < -0.39 is 20.8 Å². The van der Waals surface area contributed by atoms with E-state index in [4.69, 9.17) is 0 Å². The molecule has 0 saturated carbocycles. The van der Waals surface area contributed by atoms with Gasteiger partial charge in [-0.15, -0.1) is 0 Å². The lowest BCUT2D eigenvalue weighted by atomic mass is 10.0. The zero-order valence-electron chi connectivity index (χ0n) is 19.4. The van der Waals surface area contributed by atoms with Crippen LogP contribution in [0, 0.1) is 15.9 Å². The monoisotopic (exact) mass is 508 g/mol. The number of nitrogens with zero attached hydrogens (tertiary/aromatic N) is 2. The number of sulfonamides is 1. The number of rotatable bonds is 11. The molecule has 8 nitrogen and oxygen atoms in total.